The zero-order valence-corrected chi connectivity index (χ0v) is 10.6. The molecule has 0 aliphatic heterocycles. The van der Waals surface area contributed by atoms with Crippen LogP contribution < -0.4 is 5.32 Å². The number of rotatable bonds is 3. The van der Waals surface area contributed by atoms with Gasteiger partial charge >= 0.3 is 0 Å². The van der Waals surface area contributed by atoms with Gasteiger partial charge in [0.1, 0.15) is 10.0 Å². The molecule has 1 aliphatic carbocycles. The predicted octanol–water partition coefficient (Wildman–Crippen LogP) is 2.94. The summed E-state index contributed by atoms with van der Waals surface area (Å²) in [5.74, 6) is -0.618. The lowest BCUT2D eigenvalue weighted by Crippen LogP contribution is -2.39. The molecule has 0 saturated heterocycles. The summed E-state index contributed by atoms with van der Waals surface area (Å²) in [4.78, 5) is 12.0. The first-order valence-electron chi connectivity index (χ1n) is 5.35. The molecule has 94 valence electrons. The van der Waals surface area contributed by atoms with Crippen molar-refractivity contribution in [2.75, 3.05) is 5.32 Å². The summed E-state index contributed by atoms with van der Waals surface area (Å²) < 4.78 is 26.6. The Balaban J connectivity index is 2.16. The Hall–Kier alpha value is -0.980. The van der Waals surface area contributed by atoms with E-state index < -0.39 is 17.7 Å². The van der Waals surface area contributed by atoms with Crippen molar-refractivity contribution >= 4 is 27.5 Å². The molecule has 1 aromatic heterocycles. The van der Waals surface area contributed by atoms with Crippen LogP contribution in [0.2, 0.25) is 0 Å². The van der Waals surface area contributed by atoms with Crippen molar-refractivity contribution in [1.29, 1.82) is 0 Å². The Morgan fingerprint density at radius 3 is 2.65 bits per heavy atom. The molecule has 0 radical (unpaired) electrons. The topological polar surface area (TPSA) is 57.8 Å². The fraction of sp³-hybridized carbons (Fsp3) is 0.600. The van der Waals surface area contributed by atoms with Gasteiger partial charge in [0.05, 0.1) is 11.9 Å². The van der Waals surface area contributed by atoms with Gasteiger partial charge in [-0.15, -0.1) is 0 Å². The zero-order valence-electron chi connectivity index (χ0n) is 8.97. The van der Waals surface area contributed by atoms with E-state index in [2.05, 4.69) is 31.4 Å². The van der Waals surface area contributed by atoms with E-state index in [4.69, 9.17) is 0 Å². The van der Waals surface area contributed by atoms with E-state index in [9.17, 15) is 13.6 Å². The van der Waals surface area contributed by atoms with Gasteiger partial charge in [-0.1, -0.05) is 12.8 Å². The average Bonchev–Trinajstić information content (AvgIpc) is 2.89. The Bertz CT molecular complexity index is 415. The Labute approximate surface area is 105 Å². The number of anilines is 1. The molecule has 17 heavy (non-hydrogen) atoms. The van der Waals surface area contributed by atoms with Crippen LogP contribution in [-0.4, -0.2) is 22.5 Å². The highest BCUT2D eigenvalue weighted by Crippen LogP contribution is 2.44. The molecule has 1 heterocycles. The third-order valence-electron chi connectivity index (χ3n) is 3.21. The Morgan fingerprint density at radius 2 is 2.18 bits per heavy atom. The van der Waals surface area contributed by atoms with Gasteiger partial charge in [0.2, 0.25) is 5.91 Å². The minimum atomic E-state index is -2.63. The lowest BCUT2D eigenvalue weighted by atomic mass is 9.85. The van der Waals surface area contributed by atoms with Crippen molar-refractivity contribution in [2.24, 2.45) is 5.41 Å². The van der Waals surface area contributed by atoms with Gasteiger partial charge in [-0.2, -0.15) is 5.10 Å². The normalized spacial score (nSPS) is 18.6. The summed E-state index contributed by atoms with van der Waals surface area (Å²) in [6, 6.07) is 0. The fourth-order valence-corrected chi connectivity index (χ4v) is 2.46. The Morgan fingerprint density at radius 1 is 1.53 bits per heavy atom. The molecule has 1 fully saturated rings. The highest BCUT2D eigenvalue weighted by Gasteiger charge is 2.49. The number of nitrogens with one attached hydrogen (secondary N) is 2. The van der Waals surface area contributed by atoms with Gasteiger partial charge < -0.3 is 5.32 Å². The molecular formula is C10H12BrF2N3O. The molecule has 2 N–H and O–H groups in total. The van der Waals surface area contributed by atoms with Crippen LogP contribution in [0.1, 0.15) is 25.7 Å². The highest BCUT2D eigenvalue weighted by molar-refractivity contribution is 9.10. The first-order chi connectivity index (χ1) is 8.06. The van der Waals surface area contributed by atoms with Crippen molar-refractivity contribution in [3.8, 4) is 0 Å². The summed E-state index contributed by atoms with van der Waals surface area (Å²) in [7, 11) is 0. The second kappa shape index (κ2) is 4.72. The maximum atomic E-state index is 13.1. The second-order valence-electron chi connectivity index (χ2n) is 4.22. The second-order valence-corrected chi connectivity index (χ2v) is 5.01. The molecule has 0 unspecified atom stereocenters. The number of carbonyl (C=O) groups excluding carboxylic acids is 1. The molecule has 2 rings (SSSR count). The fourth-order valence-electron chi connectivity index (χ4n) is 2.15. The minimum Gasteiger partial charge on any atom is -0.322 e. The number of hydrogen-bond acceptors (Lipinski definition) is 2. The largest absolute Gasteiger partial charge is 0.322 e. The summed E-state index contributed by atoms with van der Waals surface area (Å²) in [6.07, 6.45) is 0.582. The number of alkyl halides is 2. The Kier molecular flexibility index (Phi) is 3.46. The van der Waals surface area contributed by atoms with Gasteiger partial charge in [-0.3, -0.25) is 9.89 Å². The number of aromatic nitrogens is 2. The summed E-state index contributed by atoms with van der Waals surface area (Å²) in [5.41, 5.74) is -1.14. The van der Waals surface area contributed by atoms with Crippen LogP contribution in [0.3, 0.4) is 0 Å². The molecule has 0 atom stereocenters. The van der Waals surface area contributed by atoms with E-state index in [1.807, 2.05) is 0 Å². The molecule has 4 nitrogen and oxygen atoms in total. The molecule has 0 aromatic carbocycles. The maximum Gasteiger partial charge on any atom is 0.252 e. The molecule has 1 aromatic rings. The van der Waals surface area contributed by atoms with Crippen molar-refractivity contribution in [2.45, 2.75) is 32.1 Å². The number of carbonyl (C=O) groups is 1. The van der Waals surface area contributed by atoms with Gasteiger partial charge in [-0.05, 0) is 28.8 Å². The van der Waals surface area contributed by atoms with Gasteiger partial charge in [-0.25, -0.2) is 8.78 Å². The van der Waals surface area contributed by atoms with Gasteiger partial charge in [0, 0.05) is 0 Å². The number of hydrogen-bond donors (Lipinski definition) is 2. The van der Waals surface area contributed by atoms with E-state index in [1.165, 1.54) is 6.20 Å². The molecule has 0 bridgehead atoms. The first-order valence-corrected chi connectivity index (χ1v) is 6.14. The van der Waals surface area contributed by atoms with Crippen molar-refractivity contribution < 1.29 is 13.6 Å². The number of halogens is 3. The van der Waals surface area contributed by atoms with Crippen molar-refractivity contribution in [3.63, 3.8) is 0 Å². The summed E-state index contributed by atoms with van der Waals surface area (Å²) in [6.45, 7) is 0. The molecule has 1 saturated carbocycles. The quantitative estimate of drug-likeness (QED) is 0.902. The van der Waals surface area contributed by atoms with Crippen LogP contribution in [0, 0.1) is 5.41 Å². The van der Waals surface area contributed by atoms with E-state index >= 15 is 0 Å². The van der Waals surface area contributed by atoms with Crippen molar-refractivity contribution in [1.82, 2.24) is 10.2 Å². The van der Waals surface area contributed by atoms with E-state index in [0.717, 1.165) is 0 Å². The van der Waals surface area contributed by atoms with Gasteiger partial charge in [0.15, 0.2) is 0 Å². The van der Waals surface area contributed by atoms with Crippen LogP contribution in [-0.2, 0) is 4.79 Å². The number of H-pyrrole nitrogens is 1. The summed E-state index contributed by atoms with van der Waals surface area (Å²) in [5, 5.41) is 8.76. The standard InChI is InChI=1S/C10H12BrF2N3O/c11-7-6(5-14-16-7)15-9(17)10(8(12)13)3-1-2-4-10/h5,8H,1-4H2,(H,14,16)(H,15,17). The first kappa shape index (κ1) is 12.5. The third-order valence-corrected chi connectivity index (χ3v) is 3.81. The smallest absolute Gasteiger partial charge is 0.252 e. The van der Waals surface area contributed by atoms with E-state index in [-0.39, 0.29) is 12.8 Å². The van der Waals surface area contributed by atoms with Crippen LogP contribution in [0.15, 0.2) is 10.8 Å². The average molecular weight is 308 g/mol. The predicted molar refractivity (Wildman–Crippen MR) is 61.8 cm³/mol. The van der Waals surface area contributed by atoms with Crippen LogP contribution in [0.25, 0.3) is 0 Å². The maximum absolute atomic E-state index is 13.1. The zero-order chi connectivity index (χ0) is 12.5. The highest BCUT2D eigenvalue weighted by atomic mass is 79.9. The number of nitrogens with zero attached hydrogens (tertiary/aromatic N) is 1. The molecule has 0 spiro atoms. The van der Waals surface area contributed by atoms with Crippen LogP contribution in [0.5, 0.6) is 0 Å². The van der Waals surface area contributed by atoms with E-state index in [1.54, 1.807) is 0 Å². The van der Waals surface area contributed by atoms with E-state index in [0.29, 0.717) is 23.1 Å². The molecule has 1 aliphatic rings. The molecule has 7 heteroatoms. The van der Waals surface area contributed by atoms with Crippen molar-refractivity contribution in [3.05, 3.63) is 10.8 Å². The summed E-state index contributed by atoms with van der Waals surface area (Å²) >= 11 is 3.14. The lowest BCUT2D eigenvalue weighted by molar-refractivity contribution is -0.134. The van der Waals surface area contributed by atoms with Gasteiger partial charge in [0.25, 0.3) is 6.43 Å². The molecule has 1 amide bonds. The SMILES string of the molecule is O=C(Nc1cn[nH]c1Br)C1(C(F)F)CCCC1. The minimum absolute atomic E-state index is 0.242. The number of aromatic amines is 1. The van der Waals surface area contributed by atoms with Crippen LogP contribution in [0.4, 0.5) is 14.5 Å². The number of amides is 1. The molecular weight excluding hydrogens is 296 g/mol. The monoisotopic (exact) mass is 307 g/mol. The third kappa shape index (κ3) is 2.20. The van der Waals surface area contributed by atoms with Crippen LogP contribution >= 0.6 is 15.9 Å². The lowest BCUT2D eigenvalue weighted by Gasteiger charge is -2.26.